The van der Waals surface area contributed by atoms with E-state index in [2.05, 4.69) is 15.1 Å². The zero-order chi connectivity index (χ0) is 20.3. The van der Waals surface area contributed by atoms with E-state index in [-0.39, 0.29) is 6.01 Å². The lowest BCUT2D eigenvalue weighted by molar-refractivity contribution is 0.177. The molecule has 0 atom stereocenters. The number of ether oxygens (including phenoxy) is 3. The summed E-state index contributed by atoms with van der Waals surface area (Å²) in [5.41, 5.74) is 1.82. The Bertz CT molecular complexity index is 953. The molecule has 2 aromatic carbocycles. The number of aromatic nitrogens is 2. The van der Waals surface area contributed by atoms with Gasteiger partial charge in [-0.1, -0.05) is 53.7 Å². The van der Waals surface area contributed by atoms with Crippen LogP contribution in [0, 0.1) is 0 Å². The van der Waals surface area contributed by atoms with Gasteiger partial charge in [0.25, 0.3) is 0 Å². The second-order valence-corrected chi connectivity index (χ2v) is 5.72. The van der Waals surface area contributed by atoms with Crippen molar-refractivity contribution in [3.63, 3.8) is 0 Å². The molecule has 0 spiro atoms. The molecule has 0 N–H and O–H groups in total. The van der Waals surface area contributed by atoms with Gasteiger partial charge in [-0.3, -0.25) is 0 Å². The predicted molar refractivity (Wildman–Crippen MR) is 111 cm³/mol. The van der Waals surface area contributed by atoms with Crippen LogP contribution in [0.3, 0.4) is 0 Å². The highest BCUT2D eigenvalue weighted by Gasteiger charge is 2.09. The molecule has 0 bridgehead atoms. The Morgan fingerprint density at radius 2 is 1.59 bits per heavy atom. The van der Waals surface area contributed by atoms with Crippen LogP contribution in [0.2, 0.25) is 0 Å². The number of methoxy groups -OCH3 is 2. The number of nitrogens with zero attached hydrogens (tertiary/aromatic N) is 3. The molecule has 7 heteroatoms. The molecule has 148 valence electrons. The first kappa shape index (κ1) is 19.9. The molecule has 0 fully saturated rings. The molecule has 0 saturated carbocycles. The summed E-state index contributed by atoms with van der Waals surface area (Å²) in [6, 6.07) is 19.0. The van der Waals surface area contributed by atoms with Gasteiger partial charge in [-0.05, 0) is 23.8 Å². The normalized spacial score (nSPS) is 11.0. The van der Waals surface area contributed by atoms with Crippen molar-refractivity contribution < 1.29 is 19.0 Å². The SMILES string of the molecule is COc1cc(OC)nc(Oc2ccccc2/C=N\OC/C=C/c2ccccc2)n1. The molecule has 0 aliphatic carbocycles. The van der Waals surface area contributed by atoms with Crippen molar-refractivity contribution in [1.29, 1.82) is 0 Å². The summed E-state index contributed by atoms with van der Waals surface area (Å²) in [5.74, 6) is 1.20. The number of rotatable bonds is 9. The molecule has 1 heterocycles. The summed E-state index contributed by atoms with van der Waals surface area (Å²) in [5, 5.41) is 4.00. The number of para-hydroxylation sites is 1. The molecule has 3 rings (SSSR count). The number of oxime groups is 1. The van der Waals surface area contributed by atoms with Gasteiger partial charge >= 0.3 is 6.01 Å². The van der Waals surface area contributed by atoms with Crippen LogP contribution in [0.5, 0.6) is 23.5 Å². The quantitative estimate of drug-likeness (QED) is 0.307. The van der Waals surface area contributed by atoms with Crippen molar-refractivity contribution >= 4 is 12.3 Å². The number of benzene rings is 2. The summed E-state index contributed by atoms with van der Waals surface area (Å²) in [7, 11) is 3.02. The fourth-order valence-corrected chi connectivity index (χ4v) is 2.35. The molecule has 0 aliphatic heterocycles. The molecule has 0 aliphatic rings. The minimum atomic E-state index is 0.105. The van der Waals surface area contributed by atoms with Gasteiger partial charge in [0.15, 0.2) is 0 Å². The summed E-state index contributed by atoms with van der Waals surface area (Å²) in [6.07, 6.45) is 5.44. The first-order valence-electron chi connectivity index (χ1n) is 8.89. The predicted octanol–water partition coefficient (Wildman–Crippen LogP) is 4.35. The lowest BCUT2D eigenvalue weighted by Gasteiger charge is -2.09. The molecular weight excluding hydrogens is 370 g/mol. The second kappa shape index (κ2) is 10.5. The maximum absolute atomic E-state index is 5.79. The summed E-state index contributed by atoms with van der Waals surface area (Å²) < 4.78 is 16.1. The molecule has 3 aromatic rings. The second-order valence-electron chi connectivity index (χ2n) is 5.72. The Labute approximate surface area is 169 Å². The largest absolute Gasteiger partial charge is 0.481 e. The standard InChI is InChI=1S/C22H21N3O4/c1-26-20-15-21(27-2)25-22(24-20)29-19-13-7-6-12-18(19)16-23-28-14-8-11-17-9-4-3-5-10-17/h3-13,15-16H,14H2,1-2H3/b11-8+,23-16-. The molecule has 0 amide bonds. The monoisotopic (exact) mass is 391 g/mol. The Hall–Kier alpha value is -3.87. The van der Waals surface area contributed by atoms with Crippen molar-refractivity contribution in [3.8, 4) is 23.5 Å². The average molecular weight is 391 g/mol. The fourth-order valence-electron chi connectivity index (χ4n) is 2.35. The van der Waals surface area contributed by atoms with Gasteiger partial charge in [-0.25, -0.2) is 0 Å². The van der Waals surface area contributed by atoms with E-state index in [1.165, 1.54) is 14.2 Å². The van der Waals surface area contributed by atoms with Crippen molar-refractivity contribution in [2.24, 2.45) is 5.16 Å². The molecule has 0 saturated heterocycles. The van der Waals surface area contributed by atoms with E-state index in [9.17, 15) is 0 Å². The Balaban J connectivity index is 1.63. The molecule has 0 unspecified atom stereocenters. The highest BCUT2D eigenvalue weighted by Crippen LogP contribution is 2.25. The highest BCUT2D eigenvalue weighted by atomic mass is 16.6. The van der Waals surface area contributed by atoms with Crippen LogP contribution in [0.25, 0.3) is 6.08 Å². The van der Waals surface area contributed by atoms with Crippen LogP contribution in [-0.4, -0.2) is 37.0 Å². The van der Waals surface area contributed by atoms with Crippen molar-refractivity contribution in [3.05, 3.63) is 77.9 Å². The van der Waals surface area contributed by atoms with Crippen molar-refractivity contribution in [1.82, 2.24) is 9.97 Å². The minimum Gasteiger partial charge on any atom is -0.481 e. The smallest absolute Gasteiger partial charge is 0.328 e. The zero-order valence-corrected chi connectivity index (χ0v) is 16.2. The van der Waals surface area contributed by atoms with Crippen LogP contribution >= 0.6 is 0 Å². The molecule has 7 nitrogen and oxygen atoms in total. The van der Waals surface area contributed by atoms with Gasteiger partial charge < -0.3 is 19.0 Å². The molecular formula is C22H21N3O4. The van der Waals surface area contributed by atoms with Crippen LogP contribution in [-0.2, 0) is 4.84 Å². The Morgan fingerprint density at radius 1 is 0.897 bits per heavy atom. The van der Waals surface area contributed by atoms with Gasteiger partial charge in [0.05, 0.1) is 26.5 Å². The van der Waals surface area contributed by atoms with E-state index >= 15 is 0 Å². The molecule has 29 heavy (non-hydrogen) atoms. The van der Waals surface area contributed by atoms with Gasteiger partial charge in [-0.2, -0.15) is 9.97 Å². The maximum atomic E-state index is 5.79. The number of hydrogen-bond donors (Lipinski definition) is 0. The van der Waals surface area contributed by atoms with Gasteiger partial charge in [0, 0.05) is 5.56 Å². The third-order valence-electron chi connectivity index (χ3n) is 3.74. The van der Waals surface area contributed by atoms with Crippen LogP contribution < -0.4 is 14.2 Å². The summed E-state index contributed by atoms with van der Waals surface area (Å²) in [6.45, 7) is 0.352. The van der Waals surface area contributed by atoms with E-state index in [1.807, 2.05) is 60.7 Å². The van der Waals surface area contributed by atoms with E-state index in [0.29, 0.717) is 29.7 Å². The third-order valence-corrected chi connectivity index (χ3v) is 3.74. The average Bonchev–Trinajstić information content (AvgIpc) is 2.77. The van der Waals surface area contributed by atoms with Crippen molar-refractivity contribution in [2.45, 2.75) is 0 Å². The van der Waals surface area contributed by atoms with Crippen LogP contribution in [0.15, 0.2) is 71.9 Å². The molecule has 0 radical (unpaired) electrons. The van der Waals surface area contributed by atoms with E-state index < -0.39 is 0 Å². The topological polar surface area (TPSA) is 75.1 Å². The zero-order valence-electron chi connectivity index (χ0n) is 16.2. The highest BCUT2D eigenvalue weighted by molar-refractivity contribution is 5.83. The first-order chi connectivity index (χ1) is 14.3. The van der Waals surface area contributed by atoms with Gasteiger partial charge in [-0.15, -0.1) is 0 Å². The van der Waals surface area contributed by atoms with E-state index in [1.54, 1.807) is 18.3 Å². The molecule has 1 aromatic heterocycles. The van der Waals surface area contributed by atoms with E-state index in [4.69, 9.17) is 19.0 Å². The third kappa shape index (κ3) is 6.07. The van der Waals surface area contributed by atoms with Crippen molar-refractivity contribution in [2.75, 3.05) is 20.8 Å². The maximum Gasteiger partial charge on any atom is 0.328 e. The lowest BCUT2D eigenvalue weighted by atomic mass is 10.2. The van der Waals surface area contributed by atoms with Gasteiger partial charge in [0.1, 0.15) is 12.4 Å². The van der Waals surface area contributed by atoms with Gasteiger partial charge in [0.2, 0.25) is 11.8 Å². The van der Waals surface area contributed by atoms with Crippen LogP contribution in [0.1, 0.15) is 11.1 Å². The Kier molecular flexibility index (Phi) is 7.17. The summed E-state index contributed by atoms with van der Waals surface area (Å²) in [4.78, 5) is 13.6. The Morgan fingerprint density at radius 3 is 2.31 bits per heavy atom. The number of hydrogen-bond acceptors (Lipinski definition) is 7. The van der Waals surface area contributed by atoms with E-state index in [0.717, 1.165) is 5.56 Å². The fraction of sp³-hybridized carbons (Fsp3) is 0.136. The minimum absolute atomic E-state index is 0.105. The van der Waals surface area contributed by atoms with Crippen LogP contribution in [0.4, 0.5) is 0 Å². The first-order valence-corrected chi connectivity index (χ1v) is 8.89. The summed E-state index contributed by atoms with van der Waals surface area (Å²) >= 11 is 0. The lowest BCUT2D eigenvalue weighted by Crippen LogP contribution is -1.99.